The molecule has 0 fully saturated rings. The van der Waals surface area contributed by atoms with Crippen molar-refractivity contribution in [2.75, 3.05) is 11.9 Å². The van der Waals surface area contributed by atoms with E-state index in [0.717, 1.165) is 19.1 Å². The van der Waals surface area contributed by atoms with E-state index in [4.69, 9.17) is 20.4 Å². The van der Waals surface area contributed by atoms with Gasteiger partial charge >= 0.3 is 5.97 Å². The molecule has 0 heterocycles. The van der Waals surface area contributed by atoms with Crippen molar-refractivity contribution in [3.63, 3.8) is 0 Å². The summed E-state index contributed by atoms with van der Waals surface area (Å²) < 4.78 is 18.8. The fourth-order valence-corrected chi connectivity index (χ4v) is 2.13. The van der Waals surface area contributed by atoms with E-state index in [2.05, 4.69) is 5.32 Å². The Morgan fingerprint density at radius 1 is 1.18 bits per heavy atom. The van der Waals surface area contributed by atoms with Crippen molar-refractivity contribution in [3.8, 4) is 17.9 Å². The van der Waals surface area contributed by atoms with E-state index in [1.807, 2.05) is 0 Å². The molecule has 142 valence electrons. The Labute approximate surface area is 159 Å². The van der Waals surface area contributed by atoms with Crippen molar-refractivity contribution in [1.82, 2.24) is 0 Å². The van der Waals surface area contributed by atoms with E-state index in [1.165, 1.54) is 24.3 Å². The first kappa shape index (κ1) is 20.4. The maximum absolute atomic E-state index is 13.6. The summed E-state index contributed by atoms with van der Waals surface area (Å²) in [6.45, 7) is 0.621. The number of carbonyl (C=O) groups is 2. The van der Waals surface area contributed by atoms with Crippen LogP contribution in [0.15, 0.2) is 36.4 Å². The Hall–Kier alpha value is -3.95. The van der Waals surface area contributed by atoms with Gasteiger partial charge in [0.25, 0.3) is 5.91 Å². The zero-order valence-electron chi connectivity index (χ0n) is 14.6. The standard InChI is InChI=1S/C19H14FN3O5/c1-19(27,10-28-14-5-3-12(9-22)16(20)7-14)18(26)23-13-4-2-11(8-21)15(6-13)17(24)25/h2-7,27H,10H2,1H3,(H,23,26)(H,24,25)/t19-/m0/s1. The van der Waals surface area contributed by atoms with Gasteiger partial charge < -0.3 is 20.3 Å². The molecule has 0 aromatic heterocycles. The molecular formula is C19H14FN3O5. The normalized spacial score (nSPS) is 12.2. The minimum absolute atomic E-state index is 0.0103. The van der Waals surface area contributed by atoms with Gasteiger partial charge in [0.05, 0.1) is 16.7 Å². The first-order chi connectivity index (χ1) is 13.2. The molecule has 0 radical (unpaired) electrons. The molecular weight excluding hydrogens is 369 g/mol. The molecule has 2 aromatic rings. The summed E-state index contributed by atoms with van der Waals surface area (Å²) in [5.74, 6) is -3.03. The molecule has 9 heteroatoms. The molecule has 0 saturated carbocycles. The van der Waals surface area contributed by atoms with Crippen molar-refractivity contribution >= 4 is 17.6 Å². The average Bonchev–Trinajstić information content (AvgIpc) is 2.66. The first-order valence-corrected chi connectivity index (χ1v) is 7.81. The Morgan fingerprint density at radius 2 is 1.82 bits per heavy atom. The van der Waals surface area contributed by atoms with Crippen LogP contribution in [0.4, 0.5) is 10.1 Å². The van der Waals surface area contributed by atoms with Crippen LogP contribution in [0.1, 0.15) is 28.4 Å². The van der Waals surface area contributed by atoms with E-state index >= 15 is 0 Å². The third-order valence-electron chi connectivity index (χ3n) is 3.70. The van der Waals surface area contributed by atoms with Crippen LogP contribution in [0.25, 0.3) is 0 Å². The third kappa shape index (κ3) is 4.61. The Bertz CT molecular complexity index is 1020. The number of hydrogen-bond acceptors (Lipinski definition) is 6. The number of anilines is 1. The monoisotopic (exact) mass is 383 g/mol. The Morgan fingerprint density at radius 3 is 2.39 bits per heavy atom. The molecule has 2 rings (SSSR count). The van der Waals surface area contributed by atoms with Crippen LogP contribution >= 0.6 is 0 Å². The Balaban J connectivity index is 2.10. The number of nitrogens with zero attached hydrogens (tertiary/aromatic N) is 2. The van der Waals surface area contributed by atoms with E-state index < -0.39 is 29.9 Å². The molecule has 3 N–H and O–H groups in total. The van der Waals surface area contributed by atoms with Crippen LogP contribution < -0.4 is 10.1 Å². The summed E-state index contributed by atoms with van der Waals surface area (Å²) in [7, 11) is 0. The molecule has 0 saturated heterocycles. The molecule has 0 aliphatic heterocycles. The number of amides is 1. The summed E-state index contributed by atoms with van der Waals surface area (Å²) >= 11 is 0. The van der Waals surface area contributed by atoms with Crippen LogP contribution in [0, 0.1) is 28.5 Å². The summed E-state index contributed by atoms with van der Waals surface area (Å²) in [6, 6.07) is 10.5. The highest BCUT2D eigenvalue weighted by Gasteiger charge is 2.32. The second-order valence-corrected chi connectivity index (χ2v) is 5.95. The third-order valence-corrected chi connectivity index (χ3v) is 3.70. The molecule has 0 bridgehead atoms. The van der Waals surface area contributed by atoms with Crippen LogP contribution in [0.2, 0.25) is 0 Å². The Kier molecular flexibility index (Phi) is 5.94. The summed E-state index contributed by atoms with van der Waals surface area (Å²) in [5, 5.41) is 39.3. The first-order valence-electron chi connectivity index (χ1n) is 7.81. The van der Waals surface area contributed by atoms with Gasteiger partial charge in [-0.1, -0.05) is 0 Å². The molecule has 8 nitrogen and oxygen atoms in total. The van der Waals surface area contributed by atoms with Crippen molar-refractivity contribution < 1.29 is 28.9 Å². The molecule has 1 atom stereocenters. The topological polar surface area (TPSA) is 143 Å². The largest absolute Gasteiger partial charge is 0.490 e. The fraction of sp³-hybridized carbons (Fsp3) is 0.158. The number of carboxylic acids is 1. The smallest absolute Gasteiger partial charge is 0.337 e. The number of halogens is 1. The van der Waals surface area contributed by atoms with Crippen molar-refractivity contribution in [1.29, 1.82) is 10.5 Å². The van der Waals surface area contributed by atoms with Gasteiger partial charge in [-0.15, -0.1) is 0 Å². The number of nitriles is 2. The zero-order valence-corrected chi connectivity index (χ0v) is 14.6. The van der Waals surface area contributed by atoms with E-state index in [9.17, 15) is 19.1 Å². The van der Waals surface area contributed by atoms with Crippen molar-refractivity contribution in [2.45, 2.75) is 12.5 Å². The number of hydrogen-bond donors (Lipinski definition) is 3. The minimum Gasteiger partial charge on any atom is -0.490 e. The lowest BCUT2D eigenvalue weighted by Gasteiger charge is -2.22. The van der Waals surface area contributed by atoms with Crippen LogP contribution in [0.5, 0.6) is 5.75 Å². The minimum atomic E-state index is -2.04. The lowest BCUT2D eigenvalue weighted by molar-refractivity contribution is -0.135. The second kappa shape index (κ2) is 8.16. The fourth-order valence-electron chi connectivity index (χ4n) is 2.13. The van der Waals surface area contributed by atoms with Gasteiger partial charge in [-0.05, 0) is 37.3 Å². The molecule has 2 aromatic carbocycles. The predicted octanol–water partition coefficient (Wildman–Crippen LogP) is 2.04. The molecule has 0 spiro atoms. The van der Waals surface area contributed by atoms with Gasteiger partial charge in [-0.3, -0.25) is 4.79 Å². The van der Waals surface area contributed by atoms with Crippen LogP contribution in [-0.2, 0) is 4.79 Å². The summed E-state index contributed by atoms with van der Waals surface area (Å²) in [5.41, 5.74) is -2.53. The van der Waals surface area contributed by atoms with Crippen molar-refractivity contribution in [2.24, 2.45) is 0 Å². The van der Waals surface area contributed by atoms with Gasteiger partial charge in [0.2, 0.25) is 0 Å². The quantitative estimate of drug-likeness (QED) is 0.692. The number of aliphatic hydroxyl groups is 1. The van der Waals surface area contributed by atoms with E-state index in [0.29, 0.717) is 0 Å². The van der Waals surface area contributed by atoms with Crippen LogP contribution in [-0.4, -0.2) is 34.3 Å². The number of benzene rings is 2. The zero-order chi connectivity index (χ0) is 20.9. The predicted molar refractivity (Wildman–Crippen MR) is 94.0 cm³/mol. The van der Waals surface area contributed by atoms with Gasteiger partial charge in [-0.2, -0.15) is 10.5 Å². The SMILES string of the molecule is C[C@](O)(COc1ccc(C#N)c(F)c1)C(=O)Nc1ccc(C#N)c(C(=O)O)c1. The van der Waals surface area contributed by atoms with Crippen molar-refractivity contribution in [3.05, 3.63) is 58.9 Å². The second-order valence-electron chi connectivity index (χ2n) is 5.95. The molecule has 1 amide bonds. The molecule has 0 aliphatic carbocycles. The molecule has 0 aliphatic rings. The molecule has 0 unspecified atom stereocenters. The summed E-state index contributed by atoms with van der Waals surface area (Å²) in [6.07, 6.45) is 0. The number of ether oxygens (including phenoxy) is 1. The van der Waals surface area contributed by atoms with Gasteiger partial charge in [0, 0.05) is 11.8 Å². The maximum Gasteiger partial charge on any atom is 0.337 e. The molecule has 28 heavy (non-hydrogen) atoms. The highest BCUT2D eigenvalue weighted by molar-refractivity contribution is 5.99. The number of nitrogens with one attached hydrogen (secondary N) is 1. The average molecular weight is 383 g/mol. The number of carboxylic acid groups (broad SMARTS) is 1. The number of rotatable bonds is 6. The van der Waals surface area contributed by atoms with Crippen LogP contribution in [0.3, 0.4) is 0 Å². The van der Waals surface area contributed by atoms with Gasteiger partial charge in [0.15, 0.2) is 5.60 Å². The highest BCUT2D eigenvalue weighted by atomic mass is 19.1. The number of aromatic carboxylic acids is 1. The van der Waals surface area contributed by atoms with Gasteiger partial charge in [-0.25, -0.2) is 9.18 Å². The number of carbonyl (C=O) groups excluding carboxylic acids is 1. The lowest BCUT2D eigenvalue weighted by Crippen LogP contribution is -2.45. The van der Waals surface area contributed by atoms with E-state index in [1.54, 1.807) is 12.1 Å². The van der Waals surface area contributed by atoms with E-state index in [-0.39, 0.29) is 28.1 Å². The maximum atomic E-state index is 13.6. The van der Waals surface area contributed by atoms with Gasteiger partial charge in [0.1, 0.15) is 30.3 Å². The summed E-state index contributed by atoms with van der Waals surface area (Å²) in [4.78, 5) is 23.5. The highest BCUT2D eigenvalue weighted by Crippen LogP contribution is 2.20. The lowest BCUT2D eigenvalue weighted by atomic mass is 10.1.